The van der Waals surface area contributed by atoms with Crippen LogP contribution in [0.5, 0.6) is 0 Å². The van der Waals surface area contributed by atoms with Crippen LogP contribution in [0, 0.1) is 11.8 Å². The standard InChI is InChI=1S/C15H31NO/c1-12-7-8-14(11-13(12)2)17-10-6-9-16-15(3,4)5/h12-14,16H,6-11H2,1-5H3. The molecule has 0 heterocycles. The molecule has 1 aliphatic carbocycles. The van der Waals surface area contributed by atoms with Crippen LogP contribution in [-0.4, -0.2) is 24.8 Å². The van der Waals surface area contributed by atoms with Crippen LogP contribution in [0.1, 0.15) is 60.3 Å². The quantitative estimate of drug-likeness (QED) is 0.743. The van der Waals surface area contributed by atoms with Crippen LogP contribution in [0.4, 0.5) is 0 Å². The second-order valence-corrected chi connectivity index (χ2v) is 6.79. The van der Waals surface area contributed by atoms with Crippen LogP contribution in [0.15, 0.2) is 0 Å². The predicted octanol–water partition coefficient (Wildman–Crippen LogP) is 3.61. The molecule has 0 aliphatic heterocycles. The third-order valence-electron chi connectivity index (χ3n) is 3.88. The Bertz CT molecular complexity index is 209. The summed E-state index contributed by atoms with van der Waals surface area (Å²) in [6.45, 7) is 13.3. The molecule has 0 saturated heterocycles. The Balaban J connectivity index is 2.04. The molecule has 1 rings (SSSR count). The lowest BCUT2D eigenvalue weighted by atomic mass is 9.80. The van der Waals surface area contributed by atoms with E-state index in [4.69, 9.17) is 4.74 Å². The van der Waals surface area contributed by atoms with E-state index in [1.807, 2.05) is 0 Å². The molecule has 0 amide bonds. The van der Waals surface area contributed by atoms with E-state index in [-0.39, 0.29) is 5.54 Å². The third-order valence-corrected chi connectivity index (χ3v) is 3.88. The normalized spacial score (nSPS) is 30.5. The van der Waals surface area contributed by atoms with Crippen molar-refractivity contribution in [3.05, 3.63) is 0 Å². The molecule has 0 aromatic rings. The fraction of sp³-hybridized carbons (Fsp3) is 1.00. The first-order valence-electron chi connectivity index (χ1n) is 7.25. The van der Waals surface area contributed by atoms with Crippen molar-refractivity contribution in [2.24, 2.45) is 11.8 Å². The molecule has 0 aromatic carbocycles. The van der Waals surface area contributed by atoms with Crippen molar-refractivity contribution in [3.8, 4) is 0 Å². The van der Waals surface area contributed by atoms with Gasteiger partial charge in [0.2, 0.25) is 0 Å². The minimum Gasteiger partial charge on any atom is -0.378 e. The van der Waals surface area contributed by atoms with E-state index >= 15 is 0 Å². The summed E-state index contributed by atoms with van der Waals surface area (Å²) in [4.78, 5) is 0. The van der Waals surface area contributed by atoms with Crippen LogP contribution in [0.2, 0.25) is 0 Å². The Labute approximate surface area is 108 Å². The zero-order valence-electron chi connectivity index (χ0n) is 12.4. The number of rotatable bonds is 5. The van der Waals surface area contributed by atoms with Crippen LogP contribution < -0.4 is 5.32 Å². The monoisotopic (exact) mass is 241 g/mol. The van der Waals surface area contributed by atoms with Crippen LogP contribution in [0.3, 0.4) is 0 Å². The van der Waals surface area contributed by atoms with Crippen molar-refractivity contribution in [3.63, 3.8) is 0 Å². The lowest BCUT2D eigenvalue weighted by molar-refractivity contribution is 0.00148. The largest absolute Gasteiger partial charge is 0.378 e. The average Bonchev–Trinajstić information content (AvgIpc) is 2.21. The SMILES string of the molecule is CC1CCC(OCCCNC(C)(C)C)CC1C. The summed E-state index contributed by atoms with van der Waals surface area (Å²) < 4.78 is 5.98. The van der Waals surface area contributed by atoms with E-state index < -0.39 is 0 Å². The molecule has 3 unspecified atom stereocenters. The Morgan fingerprint density at radius 2 is 1.82 bits per heavy atom. The van der Waals surface area contributed by atoms with Gasteiger partial charge in [-0.05, 0) is 64.8 Å². The predicted molar refractivity (Wildman–Crippen MR) is 74.3 cm³/mol. The van der Waals surface area contributed by atoms with E-state index in [1.165, 1.54) is 19.3 Å². The van der Waals surface area contributed by atoms with Gasteiger partial charge in [0.15, 0.2) is 0 Å². The molecule has 17 heavy (non-hydrogen) atoms. The summed E-state index contributed by atoms with van der Waals surface area (Å²) in [5.74, 6) is 1.72. The van der Waals surface area contributed by atoms with Gasteiger partial charge in [-0.1, -0.05) is 13.8 Å². The summed E-state index contributed by atoms with van der Waals surface area (Å²) in [6, 6.07) is 0. The van der Waals surface area contributed by atoms with Crippen molar-refractivity contribution in [1.82, 2.24) is 5.32 Å². The van der Waals surface area contributed by atoms with Gasteiger partial charge in [0.25, 0.3) is 0 Å². The van der Waals surface area contributed by atoms with Crippen molar-refractivity contribution in [2.75, 3.05) is 13.2 Å². The second-order valence-electron chi connectivity index (χ2n) is 6.79. The van der Waals surface area contributed by atoms with Crippen LogP contribution in [-0.2, 0) is 4.74 Å². The maximum absolute atomic E-state index is 5.98. The van der Waals surface area contributed by atoms with E-state index in [0.717, 1.165) is 31.4 Å². The summed E-state index contributed by atoms with van der Waals surface area (Å²) in [7, 11) is 0. The molecule has 2 nitrogen and oxygen atoms in total. The minimum atomic E-state index is 0.231. The lowest BCUT2D eigenvalue weighted by Gasteiger charge is -2.32. The first kappa shape index (κ1) is 15.0. The summed E-state index contributed by atoms with van der Waals surface area (Å²) in [6.07, 6.45) is 5.51. The Morgan fingerprint density at radius 1 is 1.12 bits per heavy atom. The van der Waals surface area contributed by atoms with E-state index in [0.29, 0.717) is 6.10 Å². The average molecular weight is 241 g/mol. The Hall–Kier alpha value is -0.0800. The van der Waals surface area contributed by atoms with E-state index in [9.17, 15) is 0 Å². The fourth-order valence-corrected chi connectivity index (χ4v) is 2.44. The van der Waals surface area contributed by atoms with Gasteiger partial charge in [-0.15, -0.1) is 0 Å². The molecule has 2 heteroatoms. The molecule has 0 radical (unpaired) electrons. The molecular weight excluding hydrogens is 210 g/mol. The minimum absolute atomic E-state index is 0.231. The number of hydrogen-bond acceptors (Lipinski definition) is 2. The van der Waals surface area contributed by atoms with E-state index in [2.05, 4.69) is 39.9 Å². The lowest BCUT2D eigenvalue weighted by Crippen LogP contribution is -2.37. The summed E-state index contributed by atoms with van der Waals surface area (Å²) in [5, 5.41) is 3.50. The van der Waals surface area contributed by atoms with Gasteiger partial charge in [0.05, 0.1) is 6.10 Å². The van der Waals surface area contributed by atoms with Gasteiger partial charge in [-0.2, -0.15) is 0 Å². The van der Waals surface area contributed by atoms with Gasteiger partial charge in [-0.25, -0.2) is 0 Å². The zero-order chi connectivity index (χ0) is 12.9. The smallest absolute Gasteiger partial charge is 0.0577 e. The van der Waals surface area contributed by atoms with Crippen LogP contribution >= 0.6 is 0 Å². The van der Waals surface area contributed by atoms with E-state index in [1.54, 1.807) is 0 Å². The number of nitrogens with one attached hydrogen (secondary N) is 1. The first-order chi connectivity index (χ1) is 7.88. The van der Waals surface area contributed by atoms with Gasteiger partial charge in [0, 0.05) is 12.1 Å². The Morgan fingerprint density at radius 3 is 2.41 bits per heavy atom. The molecule has 1 N–H and O–H groups in total. The van der Waals surface area contributed by atoms with Crippen molar-refractivity contribution in [1.29, 1.82) is 0 Å². The maximum Gasteiger partial charge on any atom is 0.0577 e. The second kappa shape index (κ2) is 6.75. The highest BCUT2D eigenvalue weighted by atomic mass is 16.5. The van der Waals surface area contributed by atoms with Crippen LogP contribution in [0.25, 0.3) is 0 Å². The first-order valence-corrected chi connectivity index (χ1v) is 7.25. The maximum atomic E-state index is 5.98. The molecule has 102 valence electrons. The molecule has 1 saturated carbocycles. The molecule has 1 fully saturated rings. The summed E-state index contributed by atoms with van der Waals surface area (Å²) >= 11 is 0. The highest BCUT2D eigenvalue weighted by Crippen LogP contribution is 2.30. The van der Waals surface area contributed by atoms with Crippen molar-refractivity contribution < 1.29 is 4.74 Å². The molecule has 1 aliphatic rings. The molecule has 3 atom stereocenters. The Kier molecular flexibility index (Phi) is 5.94. The zero-order valence-corrected chi connectivity index (χ0v) is 12.4. The van der Waals surface area contributed by atoms with Crippen molar-refractivity contribution >= 4 is 0 Å². The molecular formula is C15H31NO. The van der Waals surface area contributed by atoms with Gasteiger partial charge in [-0.3, -0.25) is 0 Å². The summed E-state index contributed by atoms with van der Waals surface area (Å²) in [5.41, 5.74) is 0.231. The topological polar surface area (TPSA) is 21.3 Å². The highest BCUT2D eigenvalue weighted by Gasteiger charge is 2.24. The molecule has 0 spiro atoms. The number of hydrogen-bond donors (Lipinski definition) is 1. The highest BCUT2D eigenvalue weighted by molar-refractivity contribution is 4.75. The third kappa shape index (κ3) is 6.42. The number of ether oxygens (including phenoxy) is 1. The van der Waals surface area contributed by atoms with Gasteiger partial charge >= 0.3 is 0 Å². The van der Waals surface area contributed by atoms with Gasteiger partial charge < -0.3 is 10.1 Å². The van der Waals surface area contributed by atoms with Crippen molar-refractivity contribution in [2.45, 2.75) is 71.9 Å². The molecule has 0 aromatic heterocycles. The molecule has 0 bridgehead atoms. The fourth-order valence-electron chi connectivity index (χ4n) is 2.44. The van der Waals surface area contributed by atoms with Gasteiger partial charge in [0.1, 0.15) is 0 Å².